The molecule has 4 aromatic rings. The molecule has 0 unspecified atom stereocenters. The molecule has 2 aromatic heterocycles. The Labute approximate surface area is 199 Å². The second kappa shape index (κ2) is 9.29. The summed E-state index contributed by atoms with van der Waals surface area (Å²) in [5, 5.41) is 3.92. The molecule has 2 aromatic carbocycles. The number of rotatable bonds is 5. The largest absolute Gasteiger partial charge is 0.416 e. The Balaban J connectivity index is 1.69. The minimum absolute atomic E-state index is 0.00999. The highest BCUT2D eigenvalue weighted by Crippen LogP contribution is 2.38. The van der Waals surface area contributed by atoms with Gasteiger partial charge in [-0.15, -0.1) is 5.10 Å². The van der Waals surface area contributed by atoms with E-state index in [-0.39, 0.29) is 11.6 Å². The lowest BCUT2D eigenvalue weighted by Crippen LogP contribution is -2.13. The third-order valence-electron chi connectivity index (χ3n) is 5.07. The topological polar surface area (TPSA) is 86.7 Å². The number of primary amides is 1. The van der Waals surface area contributed by atoms with E-state index in [0.29, 0.717) is 17.7 Å². The number of nitrogens with zero attached hydrogens (tertiary/aromatic N) is 4. The summed E-state index contributed by atoms with van der Waals surface area (Å²) in [6.07, 6.45) is -4.53. The van der Waals surface area contributed by atoms with Gasteiger partial charge in [-0.3, -0.25) is 9.78 Å². The predicted molar refractivity (Wildman–Crippen MR) is 118 cm³/mol. The first kappa shape index (κ1) is 24.6. The monoisotopic (exact) mass is 503 g/mol. The standard InChI is InChI=1S/C24H15F6N5O/c25-23(26,27)18-8-17(9-19(10-18)24(28,29)30)22-33-13-35(34-22)12-20(21(31)36)15-5-3-14(4-6-15)16-2-1-7-32-11-16/h1-13H,(H2,31,36). The molecule has 0 aliphatic heterocycles. The molecule has 2 heterocycles. The van der Waals surface area contributed by atoms with E-state index in [9.17, 15) is 31.1 Å². The lowest BCUT2D eigenvalue weighted by Gasteiger charge is -2.13. The van der Waals surface area contributed by atoms with E-state index in [1.165, 1.54) is 6.20 Å². The first-order chi connectivity index (χ1) is 16.9. The molecule has 36 heavy (non-hydrogen) atoms. The zero-order valence-electron chi connectivity index (χ0n) is 18.0. The highest BCUT2D eigenvalue weighted by atomic mass is 19.4. The Hall–Kier alpha value is -4.48. The van der Waals surface area contributed by atoms with E-state index >= 15 is 0 Å². The Kier molecular flexibility index (Phi) is 6.35. The number of hydrogen-bond donors (Lipinski definition) is 1. The molecule has 0 fully saturated rings. The number of carbonyl (C=O) groups excluding carboxylic acids is 1. The van der Waals surface area contributed by atoms with E-state index in [1.54, 1.807) is 42.7 Å². The fourth-order valence-corrected chi connectivity index (χ4v) is 3.34. The van der Waals surface area contributed by atoms with Crippen molar-refractivity contribution in [1.82, 2.24) is 19.7 Å². The summed E-state index contributed by atoms with van der Waals surface area (Å²) in [6, 6.07) is 11.4. The highest BCUT2D eigenvalue weighted by molar-refractivity contribution is 6.22. The molecule has 0 aliphatic rings. The average molecular weight is 503 g/mol. The van der Waals surface area contributed by atoms with Gasteiger partial charge in [0, 0.05) is 24.2 Å². The molecule has 4 rings (SSSR count). The van der Waals surface area contributed by atoms with Gasteiger partial charge >= 0.3 is 12.4 Å². The summed E-state index contributed by atoms with van der Waals surface area (Å²) in [7, 11) is 0. The van der Waals surface area contributed by atoms with Crippen LogP contribution in [0, 0.1) is 0 Å². The summed E-state index contributed by atoms with van der Waals surface area (Å²) in [5.74, 6) is -1.24. The van der Waals surface area contributed by atoms with Crippen molar-refractivity contribution in [2.24, 2.45) is 5.73 Å². The molecule has 0 spiro atoms. The molecule has 0 bridgehead atoms. The SMILES string of the molecule is NC(=O)C(=Cn1cnc(-c2cc(C(F)(F)F)cc(C(F)(F)F)c2)n1)c1ccc(-c2cccnc2)cc1. The van der Waals surface area contributed by atoms with Crippen LogP contribution in [0.25, 0.3) is 34.3 Å². The average Bonchev–Trinajstić information content (AvgIpc) is 3.30. The third kappa shape index (κ3) is 5.43. The van der Waals surface area contributed by atoms with Gasteiger partial charge in [-0.2, -0.15) is 26.3 Å². The van der Waals surface area contributed by atoms with E-state index in [2.05, 4.69) is 15.1 Å². The molecule has 0 saturated carbocycles. The van der Waals surface area contributed by atoms with Gasteiger partial charge in [0.25, 0.3) is 5.91 Å². The van der Waals surface area contributed by atoms with Gasteiger partial charge in [0.15, 0.2) is 5.82 Å². The van der Waals surface area contributed by atoms with Crippen LogP contribution in [-0.4, -0.2) is 25.7 Å². The van der Waals surface area contributed by atoms with Crippen LogP contribution in [0.2, 0.25) is 0 Å². The predicted octanol–water partition coefficient (Wildman–Crippen LogP) is 5.53. The second-order valence-electron chi connectivity index (χ2n) is 7.57. The van der Waals surface area contributed by atoms with Crippen LogP contribution >= 0.6 is 0 Å². The maximum Gasteiger partial charge on any atom is 0.416 e. The van der Waals surface area contributed by atoms with Crippen LogP contribution in [0.5, 0.6) is 0 Å². The first-order valence-electron chi connectivity index (χ1n) is 10.2. The number of amides is 1. The number of alkyl halides is 6. The number of hydrogen-bond acceptors (Lipinski definition) is 4. The first-order valence-corrected chi connectivity index (χ1v) is 10.2. The summed E-state index contributed by atoms with van der Waals surface area (Å²) in [4.78, 5) is 19.9. The van der Waals surface area contributed by atoms with Gasteiger partial charge in [0.1, 0.15) is 6.33 Å². The van der Waals surface area contributed by atoms with Crippen LogP contribution in [-0.2, 0) is 17.1 Å². The Morgan fingerprint density at radius 3 is 2.03 bits per heavy atom. The van der Waals surface area contributed by atoms with Crippen molar-refractivity contribution in [3.8, 4) is 22.5 Å². The van der Waals surface area contributed by atoms with Crippen LogP contribution in [0.4, 0.5) is 26.3 Å². The van der Waals surface area contributed by atoms with Crippen molar-refractivity contribution in [1.29, 1.82) is 0 Å². The fraction of sp³-hybridized carbons (Fsp3) is 0.0833. The van der Waals surface area contributed by atoms with Crippen molar-refractivity contribution >= 4 is 17.7 Å². The van der Waals surface area contributed by atoms with Gasteiger partial charge in [0.05, 0.1) is 16.7 Å². The minimum Gasteiger partial charge on any atom is -0.366 e. The van der Waals surface area contributed by atoms with Crippen molar-refractivity contribution < 1.29 is 31.1 Å². The second-order valence-corrected chi connectivity index (χ2v) is 7.57. The quantitative estimate of drug-likeness (QED) is 0.287. The maximum absolute atomic E-state index is 13.2. The van der Waals surface area contributed by atoms with E-state index in [1.807, 2.05) is 6.07 Å². The van der Waals surface area contributed by atoms with Crippen LogP contribution < -0.4 is 5.73 Å². The van der Waals surface area contributed by atoms with E-state index < -0.39 is 40.8 Å². The molecular formula is C24H15F6N5O. The Bertz CT molecular complexity index is 1390. The number of nitrogens with two attached hydrogens (primary N) is 1. The number of carbonyl (C=O) groups is 1. The van der Waals surface area contributed by atoms with Gasteiger partial charge in [-0.25, -0.2) is 9.67 Å². The van der Waals surface area contributed by atoms with Gasteiger partial charge in [-0.1, -0.05) is 30.3 Å². The van der Waals surface area contributed by atoms with E-state index in [0.717, 1.165) is 22.1 Å². The van der Waals surface area contributed by atoms with Crippen LogP contribution in [0.1, 0.15) is 16.7 Å². The van der Waals surface area contributed by atoms with Gasteiger partial charge in [-0.05, 0) is 41.0 Å². The zero-order chi connectivity index (χ0) is 26.1. The number of aromatic nitrogens is 4. The molecule has 2 N–H and O–H groups in total. The molecule has 0 atom stereocenters. The number of pyridine rings is 1. The normalized spacial score (nSPS) is 12.6. The van der Waals surface area contributed by atoms with Crippen LogP contribution in [0.15, 0.2) is 73.3 Å². The summed E-state index contributed by atoms with van der Waals surface area (Å²) in [5.41, 5.74) is 4.07. The van der Waals surface area contributed by atoms with Gasteiger partial charge < -0.3 is 5.73 Å². The van der Waals surface area contributed by atoms with Crippen molar-refractivity contribution in [3.05, 3.63) is 90.0 Å². The van der Waals surface area contributed by atoms with Crippen molar-refractivity contribution in [3.63, 3.8) is 0 Å². The molecular weight excluding hydrogens is 488 g/mol. The molecule has 1 amide bonds. The Morgan fingerprint density at radius 2 is 1.50 bits per heavy atom. The molecule has 0 radical (unpaired) electrons. The molecule has 0 aliphatic carbocycles. The summed E-state index contributed by atoms with van der Waals surface area (Å²) >= 11 is 0. The smallest absolute Gasteiger partial charge is 0.366 e. The number of halogens is 6. The molecule has 0 saturated heterocycles. The summed E-state index contributed by atoms with van der Waals surface area (Å²) in [6.45, 7) is 0. The van der Waals surface area contributed by atoms with Crippen LogP contribution in [0.3, 0.4) is 0 Å². The summed E-state index contributed by atoms with van der Waals surface area (Å²) < 4.78 is 80.0. The molecule has 184 valence electrons. The third-order valence-corrected chi connectivity index (χ3v) is 5.07. The lowest BCUT2D eigenvalue weighted by atomic mass is 10.0. The zero-order valence-corrected chi connectivity index (χ0v) is 18.0. The molecule has 12 heteroatoms. The number of benzene rings is 2. The minimum atomic E-state index is -5.01. The van der Waals surface area contributed by atoms with Gasteiger partial charge in [0.2, 0.25) is 0 Å². The molecule has 6 nitrogen and oxygen atoms in total. The lowest BCUT2D eigenvalue weighted by molar-refractivity contribution is -0.143. The van der Waals surface area contributed by atoms with E-state index in [4.69, 9.17) is 5.73 Å². The fourth-order valence-electron chi connectivity index (χ4n) is 3.34. The Morgan fingerprint density at radius 1 is 0.861 bits per heavy atom. The maximum atomic E-state index is 13.2. The van der Waals surface area contributed by atoms with Crippen molar-refractivity contribution in [2.75, 3.05) is 0 Å². The van der Waals surface area contributed by atoms with Crippen molar-refractivity contribution in [2.45, 2.75) is 12.4 Å². The highest BCUT2D eigenvalue weighted by Gasteiger charge is 2.37.